The molecule has 0 aliphatic rings. The number of rotatable bonds is 10. The van der Waals surface area contributed by atoms with Crippen LogP contribution in [0.1, 0.15) is 59.2 Å². The zero-order valence-corrected chi connectivity index (χ0v) is 13.7. The van der Waals surface area contributed by atoms with Crippen LogP contribution in [0.4, 0.5) is 0 Å². The summed E-state index contributed by atoms with van der Waals surface area (Å²) in [7, 11) is 0. The second kappa shape index (κ2) is 9.14. The van der Waals surface area contributed by atoms with E-state index in [4.69, 9.17) is 9.84 Å². The largest absolute Gasteiger partial charge is 0.377 e. The minimum absolute atomic E-state index is 0.276. The average molecular weight is 281 g/mol. The molecule has 1 aromatic rings. The lowest BCUT2D eigenvalue weighted by Crippen LogP contribution is -2.36. The molecule has 1 unspecified atom stereocenters. The molecular weight excluding hydrogens is 250 g/mol. The predicted octanol–water partition coefficient (Wildman–Crippen LogP) is 3.19. The molecule has 0 aliphatic heterocycles. The second-order valence-corrected chi connectivity index (χ2v) is 5.60. The molecule has 1 atom stereocenters. The zero-order chi connectivity index (χ0) is 15.0. The maximum absolute atomic E-state index is 5.73. The third-order valence-corrected chi connectivity index (χ3v) is 3.56. The van der Waals surface area contributed by atoms with E-state index in [2.05, 4.69) is 56.9 Å². The van der Waals surface area contributed by atoms with Crippen LogP contribution in [0, 0.1) is 0 Å². The lowest BCUT2D eigenvalue weighted by molar-refractivity contribution is 0.0614. The quantitative estimate of drug-likeness (QED) is 0.716. The van der Waals surface area contributed by atoms with Gasteiger partial charge in [-0.3, -0.25) is 4.68 Å². The van der Waals surface area contributed by atoms with Crippen LogP contribution in [-0.2, 0) is 11.2 Å². The first-order chi connectivity index (χ1) is 9.60. The third-order valence-electron chi connectivity index (χ3n) is 3.56. The SMILES string of the molecule is CCNC(COC(C)C)Cc1ccn(C(CC)CC)n1. The summed E-state index contributed by atoms with van der Waals surface area (Å²) in [5, 5.41) is 8.20. The highest BCUT2D eigenvalue weighted by Crippen LogP contribution is 2.15. The third kappa shape index (κ3) is 5.63. The van der Waals surface area contributed by atoms with Crippen molar-refractivity contribution in [2.75, 3.05) is 13.2 Å². The molecular formula is C16H31N3O. The second-order valence-electron chi connectivity index (χ2n) is 5.60. The number of nitrogens with zero attached hydrogens (tertiary/aromatic N) is 2. The summed E-state index contributed by atoms with van der Waals surface area (Å²) in [6.07, 6.45) is 5.57. The number of aromatic nitrogens is 2. The van der Waals surface area contributed by atoms with Crippen molar-refractivity contribution in [3.63, 3.8) is 0 Å². The standard InChI is InChI=1S/C16H31N3O/c1-6-16(7-2)19-10-9-14(18-19)11-15(17-8-3)12-20-13(4)5/h9-10,13,15-17H,6-8,11-12H2,1-5H3. The van der Waals surface area contributed by atoms with Gasteiger partial charge in [-0.1, -0.05) is 20.8 Å². The Morgan fingerprint density at radius 1 is 1.25 bits per heavy atom. The number of likely N-dealkylation sites (N-methyl/N-ethyl adjacent to an activating group) is 1. The normalized spacial score (nSPS) is 13.3. The molecule has 0 amide bonds. The molecule has 0 saturated heterocycles. The van der Waals surface area contributed by atoms with Crippen LogP contribution in [0.5, 0.6) is 0 Å². The van der Waals surface area contributed by atoms with E-state index in [0.29, 0.717) is 12.1 Å². The summed E-state index contributed by atoms with van der Waals surface area (Å²) >= 11 is 0. The average Bonchev–Trinajstić information content (AvgIpc) is 2.86. The monoisotopic (exact) mass is 281 g/mol. The lowest BCUT2D eigenvalue weighted by Gasteiger charge is -2.18. The van der Waals surface area contributed by atoms with Gasteiger partial charge in [0.1, 0.15) is 0 Å². The van der Waals surface area contributed by atoms with Gasteiger partial charge in [-0.25, -0.2) is 0 Å². The van der Waals surface area contributed by atoms with E-state index in [1.54, 1.807) is 0 Å². The molecule has 4 heteroatoms. The highest BCUT2D eigenvalue weighted by Gasteiger charge is 2.13. The fourth-order valence-electron chi connectivity index (χ4n) is 2.39. The van der Waals surface area contributed by atoms with E-state index in [0.717, 1.165) is 38.1 Å². The Labute approximate surface area is 123 Å². The number of hydrogen-bond acceptors (Lipinski definition) is 3. The van der Waals surface area contributed by atoms with Crippen molar-refractivity contribution < 1.29 is 4.74 Å². The van der Waals surface area contributed by atoms with Crippen molar-refractivity contribution in [3.05, 3.63) is 18.0 Å². The number of nitrogens with one attached hydrogen (secondary N) is 1. The van der Waals surface area contributed by atoms with Crippen LogP contribution >= 0.6 is 0 Å². The molecule has 1 aromatic heterocycles. The van der Waals surface area contributed by atoms with Crippen molar-refractivity contribution in [1.29, 1.82) is 0 Å². The minimum Gasteiger partial charge on any atom is -0.377 e. The van der Waals surface area contributed by atoms with Crippen LogP contribution in [0.2, 0.25) is 0 Å². The van der Waals surface area contributed by atoms with E-state index in [-0.39, 0.29) is 6.10 Å². The number of hydrogen-bond donors (Lipinski definition) is 1. The molecule has 0 bridgehead atoms. The van der Waals surface area contributed by atoms with Gasteiger partial charge >= 0.3 is 0 Å². The van der Waals surface area contributed by atoms with Crippen molar-refractivity contribution in [2.24, 2.45) is 0 Å². The predicted molar refractivity (Wildman–Crippen MR) is 84.1 cm³/mol. The molecule has 20 heavy (non-hydrogen) atoms. The van der Waals surface area contributed by atoms with Crippen molar-refractivity contribution in [2.45, 2.75) is 72.1 Å². The van der Waals surface area contributed by atoms with Gasteiger partial charge in [-0.15, -0.1) is 0 Å². The highest BCUT2D eigenvalue weighted by molar-refractivity contribution is 5.02. The molecule has 1 N–H and O–H groups in total. The molecule has 0 fully saturated rings. The summed E-state index contributed by atoms with van der Waals surface area (Å²) in [5.74, 6) is 0. The summed E-state index contributed by atoms with van der Waals surface area (Å²) in [4.78, 5) is 0. The Hall–Kier alpha value is -0.870. The van der Waals surface area contributed by atoms with Crippen LogP contribution in [0.15, 0.2) is 12.3 Å². The van der Waals surface area contributed by atoms with Gasteiger partial charge in [-0.2, -0.15) is 5.10 Å². The first kappa shape index (κ1) is 17.2. The highest BCUT2D eigenvalue weighted by atomic mass is 16.5. The van der Waals surface area contributed by atoms with Crippen molar-refractivity contribution in [1.82, 2.24) is 15.1 Å². The first-order valence-corrected chi connectivity index (χ1v) is 7.99. The lowest BCUT2D eigenvalue weighted by atomic mass is 10.1. The molecule has 4 nitrogen and oxygen atoms in total. The molecule has 0 saturated carbocycles. The van der Waals surface area contributed by atoms with E-state index in [1.807, 2.05) is 0 Å². The maximum atomic E-state index is 5.73. The Morgan fingerprint density at radius 2 is 1.95 bits per heavy atom. The molecule has 0 spiro atoms. The minimum atomic E-state index is 0.276. The Morgan fingerprint density at radius 3 is 2.50 bits per heavy atom. The Bertz CT molecular complexity index is 358. The smallest absolute Gasteiger partial charge is 0.0641 e. The molecule has 116 valence electrons. The molecule has 1 heterocycles. The first-order valence-electron chi connectivity index (χ1n) is 7.99. The van der Waals surface area contributed by atoms with Gasteiger partial charge in [0.15, 0.2) is 0 Å². The van der Waals surface area contributed by atoms with Crippen molar-refractivity contribution >= 4 is 0 Å². The zero-order valence-electron chi connectivity index (χ0n) is 13.7. The van der Waals surface area contributed by atoms with Gasteiger partial charge in [0.05, 0.1) is 24.4 Å². The maximum Gasteiger partial charge on any atom is 0.0641 e. The fourth-order valence-corrected chi connectivity index (χ4v) is 2.39. The van der Waals surface area contributed by atoms with Crippen LogP contribution in [0.25, 0.3) is 0 Å². The Kier molecular flexibility index (Phi) is 7.85. The molecule has 0 aliphatic carbocycles. The van der Waals surface area contributed by atoms with E-state index >= 15 is 0 Å². The molecule has 0 aromatic carbocycles. The van der Waals surface area contributed by atoms with Crippen molar-refractivity contribution in [3.8, 4) is 0 Å². The molecule has 0 radical (unpaired) electrons. The van der Waals surface area contributed by atoms with Crippen LogP contribution in [0.3, 0.4) is 0 Å². The van der Waals surface area contributed by atoms with E-state index in [1.165, 1.54) is 0 Å². The van der Waals surface area contributed by atoms with Gasteiger partial charge in [0.25, 0.3) is 0 Å². The number of ether oxygens (including phenoxy) is 1. The van der Waals surface area contributed by atoms with E-state index in [9.17, 15) is 0 Å². The van der Waals surface area contributed by atoms with Crippen LogP contribution < -0.4 is 5.32 Å². The summed E-state index contributed by atoms with van der Waals surface area (Å²) in [5.41, 5.74) is 1.15. The van der Waals surface area contributed by atoms with Gasteiger partial charge in [0.2, 0.25) is 0 Å². The van der Waals surface area contributed by atoms with Gasteiger partial charge in [0, 0.05) is 18.7 Å². The summed E-state index contributed by atoms with van der Waals surface area (Å²) in [6.45, 7) is 12.4. The molecule has 1 rings (SSSR count). The topological polar surface area (TPSA) is 39.1 Å². The summed E-state index contributed by atoms with van der Waals surface area (Å²) < 4.78 is 7.84. The van der Waals surface area contributed by atoms with Gasteiger partial charge in [-0.05, 0) is 39.3 Å². The summed E-state index contributed by atoms with van der Waals surface area (Å²) in [6, 6.07) is 3.00. The van der Waals surface area contributed by atoms with Crippen LogP contribution in [-0.4, -0.2) is 35.1 Å². The fraction of sp³-hybridized carbons (Fsp3) is 0.812. The Balaban J connectivity index is 2.59. The van der Waals surface area contributed by atoms with Gasteiger partial charge < -0.3 is 10.1 Å². The van der Waals surface area contributed by atoms with E-state index < -0.39 is 0 Å².